The number of hydrogen-bond acceptors (Lipinski definition) is 6. The number of nitrogens with zero attached hydrogens (tertiary/aromatic N) is 2. The molecule has 1 heterocycles. The van der Waals surface area contributed by atoms with Crippen LogP contribution in [0.3, 0.4) is 0 Å². The summed E-state index contributed by atoms with van der Waals surface area (Å²) >= 11 is 0. The molecule has 0 spiro atoms. The van der Waals surface area contributed by atoms with Gasteiger partial charge in [-0.05, 0) is 80.2 Å². The van der Waals surface area contributed by atoms with Crippen LogP contribution in [-0.4, -0.2) is 29.2 Å². The van der Waals surface area contributed by atoms with Crippen LogP contribution in [-0.2, 0) is 5.41 Å². The molecule has 2 saturated carbocycles. The summed E-state index contributed by atoms with van der Waals surface area (Å²) in [7, 11) is 1.71. The Morgan fingerprint density at radius 3 is 2.12 bits per heavy atom. The SMILES string of the molecule is COc1ccc(C2(c3ccc(-c4cnc(N)nc4)cc3)CCC(N)CC2)cc1OC1CCCC1. The molecule has 2 aliphatic carbocycles. The molecule has 5 rings (SSSR count). The van der Waals surface area contributed by atoms with Crippen LogP contribution in [0.25, 0.3) is 11.1 Å². The van der Waals surface area contributed by atoms with Gasteiger partial charge in [0.1, 0.15) is 0 Å². The van der Waals surface area contributed by atoms with Crippen LogP contribution in [0.1, 0.15) is 62.5 Å². The van der Waals surface area contributed by atoms with Crippen molar-refractivity contribution in [2.75, 3.05) is 12.8 Å². The zero-order valence-electron chi connectivity index (χ0n) is 19.9. The Morgan fingerprint density at radius 1 is 0.824 bits per heavy atom. The first-order chi connectivity index (χ1) is 16.6. The van der Waals surface area contributed by atoms with Crippen molar-refractivity contribution >= 4 is 5.95 Å². The number of nitrogens with two attached hydrogens (primary N) is 2. The Kier molecular flexibility index (Phi) is 6.42. The van der Waals surface area contributed by atoms with E-state index in [2.05, 4.69) is 52.4 Å². The largest absolute Gasteiger partial charge is 0.493 e. The van der Waals surface area contributed by atoms with Crippen molar-refractivity contribution in [1.82, 2.24) is 9.97 Å². The van der Waals surface area contributed by atoms with Crippen LogP contribution in [0, 0.1) is 0 Å². The van der Waals surface area contributed by atoms with Gasteiger partial charge in [0.25, 0.3) is 0 Å². The Morgan fingerprint density at radius 2 is 1.47 bits per heavy atom. The first-order valence-corrected chi connectivity index (χ1v) is 12.4. The monoisotopic (exact) mass is 458 g/mol. The Bertz CT molecular complexity index is 1100. The van der Waals surface area contributed by atoms with Gasteiger partial charge < -0.3 is 20.9 Å². The van der Waals surface area contributed by atoms with Gasteiger partial charge in [-0.1, -0.05) is 30.3 Å². The predicted octanol–water partition coefficient (Wildman–Crippen LogP) is 5.24. The first kappa shape index (κ1) is 22.7. The summed E-state index contributed by atoms with van der Waals surface area (Å²) in [5, 5.41) is 0. The number of ether oxygens (including phenoxy) is 2. The molecule has 0 aliphatic heterocycles. The molecule has 1 aromatic heterocycles. The topological polar surface area (TPSA) is 96.3 Å². The lowest BCUT2D eigenvalue weighted by Crippen LogP contribution is -2.38. The smallest absolute Gasteiger partial charge is 0.219 e. The Balaban J connectivity index is 1.51. The van der Waals surface area contributed by atoms with E-state index in [4.69, 9.17) is 20.9 Å². The summed E-state index contributed by atoms with van der Waals surface area (Å²) in [5.41, 5.74) is 16.5. The lowest BCUT2D eigenvalue weighted by molar-refractivity contribution is 0.200. The summed E-state index contributed by atoms with van der Waals surface area (Å²) < 4.78 is 12.1. The minimum absolute atomic E-state index is 0.105. The molecule has 6 heteroatoms. The number of methoxy groups -OCH3 is 1. The molecular weight excluding hydrogens is 424 g/mol. The molecule has 3 aromatic rings. The van der Waals surface area contributed by atoms with E-state index in [-0.39, 0.29) is 23.5 Å². The van der Waals surface area contributed by atoms with Crippen molar-refractivity contribution in [2.24, 2.45) is 5.73 Å². The molecule has 2 aromatic carbocycles. The maximum Gasteiger partial charge on any atom is 0.219 e. The molecule has 6 nitrogen and oxygen atoms in total. The van der Waals surface area contributed by atoms with E-state index < -0.39 is 0 Å². The number of aromatic nitrogens is 2. The fourth-order valence-electron chi connectivity index (χ4n) is 5.60. The van der Waals surface area contributed by atoms with Gasteiger partial charge in [-0.2, -0.15) is 0 Å². The highest BCUT2D eigenvalue weighted by Crippen LogP contribution is 2.47. The standard InChI is InChI=1S/C28H34N4O2/c1-33-25-11-10-22(16-26(25)34-24-4-2-3-5-24)28(14-12-23(29)13-15-28)21-8-6-19(7-9-21)20-17-31-27(30)32-18-20/h6-11,16-18,23-24H,2-5,12-15,29H2,1H3,(H2,30,31,32). The number of rotatable bonds is 6. The maximum atomic E-state index is 6.44. The van der Waals surface area contributed by atoms with E-state index in [1.165, 1.54) is 24.0 Å². The summed E-state index contributed by atoms with van der Waals surface area (Å²) in [5.74, 6) is 1.95. The molecule has 0 bridgehead atoms. The van der Waals surface area contributed by atoms with E-state index in [1.807, 2.05) is 0 Å². The second kappa shape index (κ2) is 9.63. The third kappa shape index (κ3) is 4.47. The van der Waals surface area contributed by atoms with Crippen molar-refractivity contribution in [3.05, 3.63) is 66.0 Å². The quantitative estimate of drug-likeness (QED) is 0.524. The zero-order chi connectivity index (χ0) is 23.5. The molecule has 0 saturated heterocycles. The zero-order valence-corrected chi connectivity index (χ0v) is 19.9. The Labute approximate surface area is 201 Å². The molecule has 0 atom stereocenters. The highest BCUT2D eigenvalue weighted by molar-refractivity contribution is 5.63. The predicted molar refractivity (Wildman–Crippen MR) is 135 cm³/mol. The van der Waals surface area contributed by atoms with Gasteiger partial charge >= 0.3 is 0 Å². The highest BCUT2D eigenvalue weighted by atomic mass is 16.5. The lowest BCUT2D eigenvalue weighted by Gasteiger charge is -2.41. The summed E-state index contributed by atoms with van der Waals surface area (Å²) in [6.45, 7) is 0. The normalized spacial score (nSPS) is 23.1. The first-order valence-electron chi connectivity index (χ1n) is 12.4. The van der Waals surface area contributed by atoms with Gasteiger partial charge in [-0.15, -0.1) is 0 Å². The molecule has 178 valence electrons. The fourth-order valence-corrected chi connectivity index (χ4v) is 5.60. The maximum absolute atomic E-state index is 6.44. The molecule has 2 aliphatic rings. The second-order valence-corrected chi connectivity index (χ2v) is 9.72. The van der Waals surface area contributed by atoms with Crippen LogP contribution < -0.4 is 20.9 Å². The highest BCUT2D eigenvalue weighted by Gasteiger charge is 2.38. The molecule has 2 fully saturated rings. The molecular formula is C28H34N4O2. The van der Waals surface area contributed by atoms with Gasteiger partial charge in [0.2, 0.25) is 5.95 Å². The molecule has 0 amide bonds. The van der Waals surface area contributed by atoms with Crippen molar-refractivity contribution in [3.8, 4) is 22.6 Å². The number of benzene rings is 2. The molecule has 4 N–H and O–H groups in total. The van der Waals surface area contributed by atoms with Crippen molar-refractivity contribution in [1.29, 1.82) is 0 Å². The number of hydrogen-bond donors (Lipinski definition) is 2. The van der Waals surface area contributed by atoms with E-state index in [0.717, 1.165) is 61.2 Å². The van der Waals surface area contributed by atoms with Crippen molar-refractivity contribution in [2.45, 2.75) is 68.9 Å². The summed E-state index contributed by atoms with van der Waals surface area (Å²) in [4.78, 5) is 8.26. The lowest BCUT2D eigenvalue weighted by atomic mass is 9.64. The Hall–Kier alpha value is -3.12. The number of nitrogen functional groups attached to an aromatic ring is 1. The van der Waals surface area contributed by atoms with Crippen molar-refractivity contribution in [3.63, 3.8) is 0 Å². The fraction of sp³-hybridized carbons (Fsp3) is 0.429. The van der Waals surface area contributed by atoms with Crippen molar-refractivity contribution < 1.29 is 9.47 Å². The third-order valence-corrected chi connectivity index (χ3v) is 7.64. The van der Waals surface area contributed by atoms with E-state index in [1.54, 1.807) is 19.5 Å². The van der Waals surface area contributed by atoms with Crippen LogP contribution in [0.15, 0.2) is 54.9 Å². The molecule has 0 unspecified atom stereocenters. The van der Waals surface area contributed by atoms with Gasteiger partial charge in [0.15, 0.2) is 11.5 Å². The second-order valence-electron chi connectivity index (χ2n) is 9.72. The van der Waals surface area contributed by atoms with Gasteiger partial charge in [0, 0.05) is 29.4 Å². The van der Waals surface area contributed by atoms with Gasteiger partial charge in [-0.25, -0.2) is 9.97 Å². The third-order valence-electron chi connectivity index (χ3n) is 7.64. The van der Waals surface area contributed by atoms with Gasteiger partial charge in [-0.3, -0.25) is 0 Å². The molecule has 0 radical (unpaired) electrons. The molecule has 34 heavy (non-hydrogen) atoms. The van der Waals surface area contributed by atoms with E-state index in [9.17, 15) is 0 Å². The van der Waals surface area contributed by atoms with E-state index in [0.29, 0.717) is 0 Å². The number of anilines is 1. The summed E-state index contributed by atoms with van der Waals surface area (Å²) in [6, 6.07) is 15.5. The van der Waals surface area contributed by atoms with Crippen LogP contribution in [0.2, 0.25) is 0 Å². The van der Waals surface area contributed by atoms with Crippen LogP contribution in [0.4, 0.5) is 5.95 Å². The van der Waals surface area contributed by atoms with E-state index >= 15 is 0 Å². The minimum atomic E-state index is -0.105. The average Bonchev–Trinajstić information content (AvgIpc) is 3.38. The summed E-state index contributed by atoms with van der Waals surface area (Å²) in [6.07, 6.45) is 12.5. The average molecular weight is 459 g/mol. The van der Waals surface area contributed by atoms with Gasteiger partial charge in [0.05, 0.1) is 13.2 Å². The van der Waals surface area contributed by atoms with Crippen LogP contribution >= 0.6 is 0 Å². The van der Waals surface area contributed by atoms with Crippen LogP contribution in [0.5, 0.6) is 11.5 Å². The minimum Gasteiger partial charge on any atom is -0.493 e.